The summed E-state index contributed by atoms with van der Waals surface area (Å²) in [6, 6.07) is 20.3. The van der Waals surface area contributed by atoms with Crippen LogP contribution in [0.15, 0.2) is 83.9 Å². The molecule has 1 saturated heterocycles. The largest absolute Gasteiger partial charge is 0.351 e. The summed E-state index contributed by atoms with van der Waals surface area (Å²) in [6.45, 7) is 0.552. The first-order valence-corrected chi connectivity index (χ1v) is 13.0. The van der Waals surface area contributed by atoms with Gasteiger partial charge in [0, 0.05) is 37.2 Å². The summed E-state index contributed by atoms with van der Waals surface area (Å²) < 4.78 is 42.7. The Morgan fingerprint density at radius 2 is 1.80 bits per heavy atom. The predicted molar refractivity (Wildman–Crippen MR) is 134 cm³/mol. The van der Waals surface area contributed by atoms with Gasteiger partial charge in [0.25, 0.3) is 0 Å². The summed E-state index contributed by atoms with van der Waals surface area (Å²) in [6.07, 6.45) is 3.07. The average molecular weight is 492 g/mol. The van der Waals surface area contributed by atoms with Gasteiger partial charge in [-0.05, 0) is 78.1 Å². The highest BCUT2D eigenvalue weighted by Crippen LogP contribution is 2.28. The predicted octanol–water partition coefficient (Wildman–Crippen LogP) is 4.45. The van der Waals surface area contributed by atoms with E-state index in [4.69, 9.17) is 0 Å². The van der Waals surface area contributed by atoms with E-state index in [0.29, 0.717) is 19.4 Å². The number of aryl methyl sites for hydroxylation is 1. The number of aromatic nitrogens is 1. The lowest BCUT2D eigenvalue weighted by atomic mass is 10.0. The summed E-state index contributed by atoms with van der Waals surface area (Å²) in [5.74, 6) is -0.838. The third-order valence-corrected chi connectivity index (χ3v) is 8.46. The van der Waals surface area contributed by atoms with E-state index >= 15 is 0 Å². The molecule has 3 aromatic carbocycles. The van der Waals surface area contributed by atoms with Crippen molar-refractivity contribution in [1.82, 2.24) is 14.2 Å². The number of rotatable bonds is 6. The van der Waals surface area contributed by atoms with Gasteiger partial charge in [0.15, 0.2) is 0 Å². The molecular formula is C27H26FN3O3S. The van der Waals surface area contributed by atoms with Crippen LogP contribution in [0, 0.1) is 5.82 Å². The number of fused-ring (bicyclic) bond motifs is 1. The van der Waals surface area contributed by atoms with Crippen molar-refractivity contribution in [3.05, 3.63) is 90.4 Å². The zero-order valence-electron chi connectivity index (χ0n) is 19.3. The van der Waals surface area contributed by atoms with Gasteiger partial charge in [0.1, 0.15) is 11.9 Å². The molecule has 8 heteroatoms. The van der Waals surface area contributed by atoms with Crippen LogP contribution in [0.4, 0.5) is 4.39 Å². The lowest BCUT2D eigenvalue weighted by Gasteiger charge is -2.23. The Morgan fingerprint density at radius 3 is 2.60 bits per heavy atom. The number of carbonyl (C=O) groups is 1. The first-order valence-electron chi connectivity index (χ1n) is 11.5. The van der Waals surface area contributed by atoms with Gasteiger partial charge in [-0.15, -0.1) is 0 Å². The lowest BCUT2D eigenvalue weighted by Crippen LogP contribution is -2.45. The number of amides is 1. The standard InChI is InChI=1S/C27H26FN3O3S/c1-30-15-13-22-17-21(7-12-25(22)30)20-5-2-4-19(16-20)18-29-27(32)26-6-3-14-31(26)35(33,34)24-10-8-23(28)9-11-24/h2,4-5,7-13,15-17,26H,3,6,14,18H2,1H3,(H,29,32). The van der Waals surface area contributed by atoms with Crippen LogP contribution >= 0.6 is 0 Å². The van der Waals surface area contributed by atoms with E-state index in [2.05, 4.69) is 34.1 Å². The molecule has 4 aromatic rings. The molecule has 1 aromatic heterocycles. The first-order chi connectivity index (χ1) is 16.8. The summed E-state index contributed by atoms with van der Waals surface area (Å²) in [4.78, 5) is 13.0. The van der Waals surface area contributed by atoms with Crippen molar-refractivity contribution in [3.8, 4) is 11.1 Å². The topological polar surface area (TPSA) is 71.4 Å². The number of hydrogen-bond acceptors (Lipinski definition) is 3. The Bertz CT molecular complexity index is 1500. The minimum absolute atomic E-state index is 0.0123. The molecule has 1 N–H and O–H groups in total. The Labute approximate surface area is 204 Å². The summed E-state index contributed by atoms with van der Waals surface area (Å²) in [5, 5.41) is 4.07. The zero-order valence-corrected chi connectivity index (χ0v) is 20.1. The summed E-state index contributed by atoms with van der Waals surface area (Å²) in [5.41, 5.74) is 4.22. The highest BCUT2D eigenvalue weighted by Gasteiger charge is 2.39. The van der Waals surface area contributed by atoms with E-state index < -0.39 is 21.9 Å². The van der Waals surface area contributed by atoms with Gasteiger partial charge >= 0.3 is 0 Å². The molecule has 1 atom stereocenters. The molecule has 180 valence electrons. The average Bonchev–Trinajstić information content (AvgIpc) is 3.51. The molecule has 0 spiro atoms. The quantitative estimate of drug-likeness (QED) is 0.433. The van der Waals surface area contributed by atoms with Crippen molar-refractivity contribution in [2.24, 2.45) is 7.05 Å². The molecule has 6 nitrogen and oxygen atoms in total. The number of sulfonamides is 1. The normalized spacial score (nSPS) is 16.6. The second kappa shape index (κ2) is 9.28. The second-order valence-electron chi connectivity index (χ2n) is 8.85. The van der Waals surface area contributed by atoms with Crippen molar-refractivity contribution < 1.29 is 17.6 Å². The number of nitrogens with zero attached hydrogens (tertiary/aromatic N) is 2. The van der Waals surface area contributed by atoms with Gasteiger partial charge in [0.05, 0.1) is 4.90 Å². The smallest absolute Gasteiger partial charge is 0.243 e. The van der Waals surface area contributed by atoms with Crippen molar-refractivity contribution >= 4 is 26.8 Å². The maximum atomic E-state index is 13.3. The molecule has 1 aliphatic heterocycles. The van der Waals surface area contributed by atoms with Crippen LogP contribution < -0.4 is 5.32 Å². The van der Waals surface area contributed by atoms with Crippen molar-refractivity contribution in [2.75, 3.05) is 6.54 Å². The Hall–Kier alpha value is -3.49. The zero-order chi connectivity index (χ0) is 24.6. The highest BCUT2D eigenvalue weighted by atomic mass is 32.2. The molecule has 1 fully saturated rings. The Kier molecular flexibility index (Phi) is 6.17. The maximum absolute atomic E-state index is 13.3. The van der Waals surface area contributed by atoms with E-state index in [1.54, 1.807) is 0 Å². The van der Waals surface area contributed by atoms with Gasteiger partial charge in [-0.25, -0.2) is 12.8 Å². The minimum atomic E-state index is -3.89. The van der Waals surface area contributed by atoms with Crippen LogP contribution in [0.3, 0.4) is 0 Å². The lowest BCUT2D eigenvalue weighted by molar-refractivity contribution is -0.124. The number of nitrogens with one attached hydrogen (secondary N) is 1. The monoisotopic (exact) mass is 491 g/mol. The molecule has 0 aliphatic carbocycles. The fourth-order valence-corrected chi connectivity index (χ4v) is 6.32. The van der Waals surface area contributed by atoms with Gasteiger partial charge in [-0.1, -0.05) is 24.3 Å². The fourth-order valence-electron chi connectivity index (χ4n) is 4.66. The second-order valence-corrected chi connectivity index (χ2v) is 10.7. The van der Waals surface area contributed by atoms with Crippen LogP contribution in [-0.2, 0) is 28.4 Å². The maximum Gasteiger partial charge on any atom is 0.243 e. The number of benzene rings is 3. The fraction of sp³-hybridized carbons (Fsp3) is 0.222. The van der Waals surface area contributed by atoms with E-state index in [1.807, 2.05) is 37.5 Å². The summed E-state index contributed by atoms with van der Waals surface area (Å²) >= 11 is 0. The van der Waals surface area contributed by atoms with Crippen LogP contribution in [0.1, 0.15) is 18.4 Å². The van der Waals surface area contributed by atoms with Gasteiger partial charge < -0.3 is 9.88 Å². The Balaban J connectivity index is 1.29. The van der Waals surface area contributed by atoms with Gasteiger partial charge in [-0.2, -0.15) is 4.31 Å². The van der Waals surface area contributed by atoms with Crippen LogP contribution in [0.25, 0.3) is 22.0 Å². The number of halogens is 1. The van der Waals surface area contributed by atoms with Crippen LogP contribution in [0.2, 0.25) is 0 Å². The molecule has 0 bridgehead atoms. The molecule has 2 heterocycles. The van der Waals surface area contributed by atoms with E-state index in [-0.39, 0.29) is 17.3 Å². The first kappa shape index (κ1) is 23.3. The van der Waals surface area contributed by atoms with E-state index in [1.165, 1.54) is 16.4 Å². The minimum Gasteiger partial charge on any atom is -0.351 e. The van der Waals surface area contributed by atoms with Crippen LogP contribution in [0.5, 0.6) is 0 Å². The van der Waals surface area contributed by atoms with Crippen molar-refractivity contribution in [1.29, 1.82) is 0 Å². The van der Waals surface area contributed by atoms with Crippen LogP contribution in [-0.4, -0.2) is 35.8 Å². The third-order valence-electron chi connectivity index (χ3n) is 6.54. The molecule has 1 amide bonds. The molecule has 1 aliphatic rings. The van der Waals surface area contributed by atoms with Gasteiger partial charge in [-0.3, -0.25) is 4.79 Å². The van der Waals surface area contributed by atoms with Gasteiger partial charge in [0.2, 0.25) is 15.9 Å². The molecule has 1 unspecified atom stereocenters. The number of carbonyl (C=O) groups excluding carboxylic acids is 1. The molecular weight excluding hydrogens is 465 g/mol. The summed E-state index contributed by atoms with van der Waals surface area (Å²) in [7, 11) is -1.87. The third kappa shape index (κ3) is 4.59. The SMILES string of the molecule is Cn1ccc2cc(-c3cccc(CNC(=O)C4CCCN4S(=O)(=O)c4ccc(F)cc4)c3)ccc21. The Morgan fingerprint density at radius 1 is 1.03 bits per heavy atom. The molecule has 35 heavy (non-hydrogen) atoms. The molecule has 0 radical (unpaired) electrons. The molecule has 5 rings (SSSR count). The van der Waals surface area contributed by atoms with Crippen molar-refractivity contribution in [3.63, 3.8) is 0 Å². The number of hydrogen-bond donors (Lipinski definition) is 1. The van der Waals surface area contributed by atoms with E-state index in [9.17, 15) is 17.6 Å². The van der Waals surface area contributed by atoms with Crippen molar-refractivity contribution in [2.45, 2.75) is 30.3 Å². The van der Waals surface area contributed by atoms with E-state index in [0.717, 1.165) is 39.7 Å². The molecule has 0 saturated carbocycles. The highest BCUT2D eigenvalue weighted by molar-refractivity contribution is 7.89.